The number of imidazole rings is 1. The molecule has 0 bridgehead atoms. The summed E-state index contributed by atoms with van der Waals surface area (Å²) in [5, 5.41) is 8.17. The fourth-order valence-corrected chi connectivity index (χ4v) is 3.11. The Balaban J connectivity index is 1.83. The number of anilines is 1. The Bertz CT molecular complexity index is 856. The number of thiazole rings is 1. The zero-order chi connectivity index (χ0) is 17.8. The van der Waals surface area contributed by atoms with Gasteiger partial charge in [0.2, 0.25) is 0 Å². The molecule has 0 aliphatic rings. The van der Waals surface area contributed by atoms with Crippen LogP contribution in [0.5, 0.6) is 5.75 Å². The van der Waals surface area contributed by atoms with Gasteiger partial charge in [-0.25, -0.2) is 14.8 Å². The fraction of sp³-hybridized carbons (Fsp3) is 0.235. The molecule has 1 unspecified atom stereocenters. The van der Waals surface area contributed by atoms with Crippen LogP contribution in [0.25, 0.3) is 0 Å². The number of carbonyl (C=O) groups is 1. The van der Waals surface area contributed by atoms with Gasteiger partial charge >= 0.3 is 6.03 Å². The molecule has 3 rings (SSSR count). The van der Waals surface area contributed by atoms with Gasteiger partial charge < -0.3 is 14.6 Å². The second-order valence-electron chi connectivity index (χ2n) is 5.50. The van der Waals surface area contributed by atoms with Crippen molar-refractivity contribution in [3.8, 4) is 5.75 Å². The van der Waals surface area contributed by atoms with Crippen LogP contribution in [0.3, 0.4) is 0 Å². The molecule has 0 saturated carbocycles. The Kier molecular flexibility index (Phi) is 4.99. The summed E-state index contributed by atoms with van der Waals surface area (Å²) in [4.78, 5) is 21.0. The number of carbonyl (C=O) groups excluding carboxylic acids is 1. The van der Waals surface area contributed by atoms with Crippen molar-refractivity contribution in [1.82, 2.24) is 19.9 Å². The summed E-state index contributed by atoms with van der Waals surface area (Å²) in [7, 11) is 3.51. The number of hydrogen-bond acceptors (Lipinski definition) is 5. The van der Waals surface area contributed by atoms with Gasteiger partial charge in [-0.05, 0) is 24.6 Å². The van der Waals surface area contributed by atoms with Gasteiger partial charge in [-0.3, -0.25) is 5.32 Å². The Morgan fingerprint density at radius 1 is 1.32 bits per heavy atom. The minimum absolute atomic E-state index is 0.335. The molecule has 2 aromatic heterocycles. The minimum Gasteiger partial charge on any atom is -0.497 e. The number of amides is 2. The molecule has 1 aromatic carbocycles. The van der Waals surface area contributed by atoms with Crippen LogP contribution < -0.4 is 15.4 Å². The lowest BCUT2D eigenvalue weighted by molar-refractivity contribution is 0.249. The van der Waals surface area contributed by atoms with Crippen molar-refractivity contribution in [2.75, 3.05) is 12.4 Å². The van der Waals surface area contributed by atoms with Crippen molar-refractivity contribution in [3.05, 3.63) is 59.1 Å². The third-order valence-corrected chi connectivity index (χ3v) is 4.56. The SMILES string of the molecule is COc1ccc(C(NC(=O)Nc2nc(C)cs2)c2nccn2C)cc1. The van der Waals surface area contributed by atoms with E-state index in [1.54, 1.807) is 13.3 Å². The van der Waals surface area contributed by atoms with Crippen molar-refractivity contribution in [2.45, 2.75) is 13.0 Å². The van der Waals surface area contributed by atoms with Crippen molar-refractivity contribution >= 4 is 22.5 Å². The predicted octanol–water partition coefficient (Wildman–Crippen LogP) is 3.10. The zero-order valence-corrected chi connectivity index (χ0v) is 15.0. The lowest BCUT2D eigenvalue weighted by Gasteiger charge is -2.19. The highest BCUT2D eigenvalue weighted by Gasteiger charge is 2.21. The summed E-state index contributed by atoms with van der Waals surface area (Å²) >= 11 is 1.39. The molecule has 7 nitrogen and oxygen atoms in total. The van der Waals surface area contributed by atoms with E-state index in [4.69, 9.17) is 4.74 Å². The first kappa shape index (κ1) is 17.0. The summed E-state index contributed by atoms with van der Waals surface area (Å²) in [6.07, 6.45) is 3.55. The second kappa shape index (κ2) is 7.35. The Morgan fingerprint density at radius 2 is 2.08 bits per heavy atom. The molecular formula is C17H19N5O2S. The maximum absolute atomic E-state index is 12.4. The first-order valence-corrected chi connectivity index (χ1v) is 8.55. The molecule has 25 heavy (non-hydrogen) atoms. The van der Waals surface area contributed by atoms with Gasteiger partial charge in [0.25, 0.3) is 0 Å². The van der Waals surface area contributed by atoms with E-state index in [0.29, 0.717) is 5.13 Å². The first-order chi connectivity index (χ1) is 12.1. The van der Waals surface area contributed by atoms with E-state index in [1.807, 2.05) is 54.4 Å². The lowest BCUT2D eigenvalue weighted by atomic mass is 10.1. The zero-order valence-electron chi connectivity index (χ0n) is 14.2. The van der Waals surface area contributed by atoms with Crippen LogP contribution in [0, 0.1) is 6.92 Å². The molecule has 0 fully saturated rings. The van der Waals surface area contributed by atoms with Crippen molar-refractivity contribution < 1.29 is 9.53 Å². The van der Waals surface area contributed by atoms with Gasteiger partial charge in [0.05, 0.1) is 12.8 Å². The molecule has 130 valence electrons. The molecule has 0 saturated heterocycles. The maximum atomic E-state index is 12.4. The number of rotatable bonds is 5. The normalized spacial score (nSPS) is 11.8. The van der Waals surface area contributed by atoms with Gasteiger partial charge in [0.1, 0.15) is 17.6 Å². The molecule has 0 spiro atoms. The number of ether oxygens (including phenoxy) is 1. The summed E-state index contributed by atoms with van der Waals surface area (Å²) in [6, 6.07) is 6.80. The van der Waals surface area contributed by atoms with Gasteiger partial charge in [0.15, 0.2) is 5.13 Å². The van der Waals surface area contributed by atoms with E-state index in [1.165, 1.54) is 11.3 Å². The number of methoxy groups -OCH3 is 1. The molecule has 0 aliphatic carbocycles. The highest BCUT2D eigenvalue weighted by molar-refractivity contribution is 7.13. The van der Waals surface area contributed by atoms with Crippen LogP contribution >= 0.6 is 11.3 Å². The Morgan fingerprint density at radius 3 is 2.64 bits per heavy atom. The van der Waals surface area contributed by atoms with Crippen LogP contribution in [-0.4, -0.2) is 27.7 Å². The van der Waals surface area contributed by atoms with Crippen molar-refractivity contribution in [2.24, 2.45) is 7.05 Å². The van der Waals surface area contributed by atoms with Crippen LogP contribution in [0.1, 0.15) is 23.1 Å². The molecule has 8 heteroatoms. The molecule has 0 radical (unpaired) electrons. The van der Waals surface area contributed by atoms with Gasteiger partial charge in [-0.1, -0.05) is 12.1 Å². The summed E-state index contributed by atoms with van der Waals surface area (Å²) < 4.78 is 7.08. The minimum atomic E-state index is -0.396. The topological polar surface area (TPSA) is 81.1 Å². The second-order valence-corrected chi connectivity index (χ2v) is 6.35. The van der Waals surface area contributed by atoms with Crippen LogP contribution in [-0.2, 0) is 7.05 Å². The largest absolute Gasteiger partial charge is 0.497 e. The van der Waals surface area contributed by atoms with Gasteiger partial charge in [-0.2, -0.15) is 0 Å². The summed E-state index contributed by atoms with van der Waals surface area (Å²) in [6.45, 7) is 1.88. The number of hydrogen-bond donors (Lipinski definition) is 2. The molecule has 2 amide bonds. The smallest absolute Gasteiger partial charge is 0.321 e. The van der Waals surface area contributed by atoms with Gasteiger partial charge in [-0.15, -0.1) is 11.3 Å². The highest BCUT2D eigenvalue weighted by Crippen LogP contribution is 2.23. The lowest BCUT2D eigenvalue weighted by Crippen LogP contribution is -2.34. The van der Waals surface area contributed by atoms with Crippen molar-refractivity contribution in [1.29, 1.82) is 0 Å². The number of benzene rings is 1. The predicted molar refractivity (Wildman–Crippen MR) is 97.1 cm³/mol. The Hall–Kier alpha value is -2.87. The number of aryl methyl sites for hydroxylation is 2. The molecule has 1 atom stereocenters. The Labute approximate surface area is 149 Å². The quantitative estimate of drug-likeness (QED) is 0.735. The third-order valence-electron chi connectivity index (χ3n) is 3.68. The number of nitrogens with zero attached hydrogens (tertiary/aromatic N) is 3. The fourth-order valence-electron chi connectivity index (χ4n) is 2.42. The average molecular weight is 357 g/mol. The number of aromatic nitrogens is 3. The third kappa shape index (κ3) is 3.97. The van der Waals surface area contributed by atoms with Crippen LogP contribution in [0.15, 0.2) is 42.0 Å². The van der Waals surface area contributed by atoms with E-state index in [2.05, 4.69) is 20.6 Å². The summed E-state index contributed by atoms with van der Waals surface area (Å²) in [5.41, 5.74) is 1.77. The maximum Gasteiger partial charge on any atom is 0.321 e. The highest BCUT2D eigenvalue weighted by atomic mass is 32.1. The van der Waals surface area contributed by atoms with E-state index >= 15 is 0 Å². The molecule has 3 aromatic rings. The van der Waals surface area contributed by atoms with Crippen LogP contribution in [0.4, 0.5) is 9.93 Å². The van der Waals surface area contributed by atoms with Crippen molar-refractivity contribution in [3.63, 3.8) is 0 Å². The van der Waals surface area contributed by atoms with Gasteiger partial charge in [0, 0.05) is 24.8 Å². The van der Waals surface area contributed by atoms with Crippen LogP contribution in [0.2, 0.25) is 0 Å². The van der Waals surface area contributed by atoms with E-state index in [9.17, 15) is 4.79 Å². The van der Waals surface area contributed by atoms with E-state index < -0.39 is 6.04 Å². The van der Waals surface area contributed by atoms with E-state index in [0.717, 1.165) is 22.8 Å². The number of urea groups is 1. The molecular weight excluding hydrogens is 338 g/mol. The number of nitrogens with one attached hydrogen (secondary N) is 2. The van der Waals surface area contributed by atoms with E-state index in [-0.39, 0.29) is 6.03 Å². The average Bonchev–Trinajstić information content (AvgIpc) is 3.21. The molecule has 2 heterocycles. The summed E-state index contributed by atoms with van der Waals surface area (Å²) in [5.74, 6) is 1.49. The molecule has 2 N–H and O–H groups in total. The standard InChI is InChI=1S/C17H19N5O2S/c1-11-10-25-17(19-11)21-16(23)20-14(15-18-8-9-22(15)2)12-4-6-13(24-3)7-5-12/h4-10,14H,1-3H3,(H2,19,20,21,23). The monoisotopic (exact) mass is 357 g/mol. The first-order valence-electron chi connectivity index (χ1n) is 7.67. The molecule has 0 aliphatic heterocycles.